The smallest absolute Gasteiger partial charge is 0.311 e. The second kappa shape index (κ2) is 8.05. The fourth-order valence-corrected chi connectivity index (χ4v) is 2.26. The van der Waals surface area contributed by atoms with Crippen LogP contribution in [0.1, 0.15) is 16.7 Å². The minimum Gasteiger partial charge on any atom is -0.455 e. The molecule has 0 atom stereocenters. The van der Waals surface area contributed by atoms with Crippen molar-refractivity contribution in [3.05, 3.63) is 69.3 Å². The number of nitrogens with one attached hydrogen (secondary N) is 1. The highest BCUT2D eigenvalue weighted by atomic mass is 16.6. The molecule has 1 N–H and O–H groups in total. The Morgan fingerprint density at radius 2 is 1.84 bits per heavy atom. The van der Waals surface area contributed by atoms with E-state index in [4.69, 9.17) is 4.74 Å². The third-order valence-corrected chi connectivity index (χ3v) is 3.77. The molecule has 2 aromatic rings. The predicted molar refractivity (Wildman–Crippen MR) is 92.3 cm³/mol. The minimum atomic E-state index is -0.703. The first-order chi connectivity index (χ1) is 11.9. The molecular formula is C18H18N2O5. The molecule has 0 aromatic heterocycles. The topological polar surface area (TPSA) is 98.5 Å². The fourth-order valence-electron chi connectivity index (χ4n) is 2.26. The monoisotopic (exact) mass is 342 g/mol. The standard InChI is InChI=1S/C18H18N2O5/c1-12-6-5-8-15(13(12)2)19-17(21)11-25-18(22)10-14-7-3-4-9-16(14)20(23)24/h3-9H,10-11H2,1-2H3,(H,19,21). The molecule has 25 heavy (non-hydrogen) atoms. The average Bonchev–Trinajstić information content (AvgIpc) is 2.57. The Morgan fingerprint density at radius 3 is 2.56 bits per heavy atom. The van der Waals surface area contributed by atoms with Gasteiger partial charge in [0.15, 0.2) is 6.61 Å². The molecule has 7 heteroatoms. The molecule has 2 aromatic carbocycles. The number of hydrogen-bond acceptors (Lipinski definition) is 5. The van der Waals surface area contributed by atoms with Crippen LogP contribution in [0.25, 0.3) is 0 Å². The molecule has 0 saturated carbocycles. The van der Waals surface area contributed by atoms with Crippen molar-refractivity contribution in [1.29, 1.82) is 0 Å². The number of amides is 1. The Balaban J connectivity index is 1.91. The van der Waals surface area contributed by atoms with Crippen LogP contribution in [-0.4, -0.2) is 23.4 Å². The maximum absolute atomic E-state index is 11.9. The second-order valence-electron chi connectivity index (χ2n) is 5.52. The van der Waals surface area contributed by atoms with Gasteiger partial charge in [0, 0.05) is 17.3 Å². The van der Waals surface area contributed by atoms with Gasteiger partial charge in [-0.25, -0.2) is 0 Å². The number of carbonyl (C=O) groups excluding carboxylic acids is 2. The van der Waals surface area contributed by atoms with E-state index in [9.17, 15) is 19.7 Å². The van der Waals surface area contributed by atoms with Gasteiger partial charge in [-0.05, 0) is 31.0 Å². The van der Waals surface area contributed by atoms with Crippen molar-refractivity contribution in [2.45, 2.75) is 20.3 Å². The molecule has 1 amide bonds. The normalized spacial score (nSPS) is 10.2. The molecule has 7 nitrogen and oxygen atoms in total. The number of esters is 1. The summed E-state index contributed by atoms with van der Waals surface area (Å²) in [5.74, 6) is -1.17. The Hall–Kier alpha value is -3.22. The first-order valence-corrected chi connectivity index (χ1v) is 7.62. The number of aryl methyl sites for hydroxylation is 1. The SMILES string of the molecule is Cc1cccc(NC(=O)COC(=O)Cc2ccccc2[N+](=O)[O-])c1C. The summed E-state index contributed by atoms with van der Waals surface area (Å²) in [4.78, 5) is 34.1. The summed E-state index contributed by atoms with van der Waals surface area (Å²) >= 11 is 0. The second-order valence-corrected chi connectivity index (χ2v) is 5.52. The summed E-state index contributed by atoms with van der Waals surface area (Å²) in [6, 6.07) is 11.4. The summed E-state index contributed by atoms with van der Waals surface area (Å²) in [5.41, 5.74) is 2.71. The van der Waals surface area contributed by atoms with E-state index in [0.717, 1.165) is 11.1 Å². The van der Waals surface area contributed by atoms with Gasteiger partial charge in [0.05, 0.1) is 11.3 Å². The van der Waals surface area contributed by atoms with Crippen LogP contribution in [0.5, 0.6) is 0 Å². The average molecular weight is 342 g/mol. The van der Waals surface area contributed by atoms with Gasteiger partial charge in [0.1, 0.15) is 0 Å². The lowest BCUT2D eigenvalue weighted by Crippen LogP contribution is -2.22. The Morgan fingerprint density at radius 1 is 1.12 bits per heavy atom. The van der Waals surface area contributed by atoms with Crippen molar-refractivity contribution in [2.24, 2.45) is 0 Å². The molecule has 0 radical (unpaired) electrons. The molecule has 0 aliphatic heterocycles. The molecule has 0 aliphatic carbocycles. The molecule has 130 valence electrons. The lowest BCUT2D eigenvalue weighted by Gasteiger charge is -2.10. The molecule has 0 heterocycles. The predicted octanol–water partition coefficient (Wildman–Crippen LogP) is 2.94. The minimum absolute atomic E-state index is 0.153. The maximum Gasteiger partial charge on any atom is 0.311 e. The van der Waals surface area contributed by atoms with Gasteiger partial charge in [0.25, 0.3) is 11.6 Å². The number of para-hydroxylation sites is 1. The number of nitrogens with zero attached hydrogens (tertiary/aromatic N) is 1. The van der Waals surface area contributed by atoms with Gasteiger partial charge in [-0.15, -0.1) is 0 Å². The van der Waals surface area contributed by atoms with E-state index in [1.54, 1.807) is 12.1 Å². The van der Waals surface area contributed by atoms with Crippen LogP contribution >= 0.6 is 0 Å². The first-order valence-electron chi connectivity index (χ1n) is 7.62. The summed E-state index contributed by atoms with van der Waals surface area (Å²) in [5, 5.41) is 13.6. The van der Waals surface area contributed by atoms with Crippen LogP contribution in [0.2, 0.25) is 0 Å². The molecule has 0 fully saturated rings. The summed E-state index contributed by atoms with van der Waals surface area (Å²) in [7, 11) is 0. The van der Waals surface area contributed by atoms with Gasteiger partial charge in [-0.1, -0.05) is 30.3 Å². The van der Waals surface area contributed by atoms with Crippen LogP contribution < -0.4 is 5.32 Å². The van der Waals surface area contributed by atoms with Crippen molar-refractivity contribution >= 4 is 23.3 Å². The molecule has 0 bridgehead atoms. The largest absolute Gasteiger partial charge is 0.455 e. The number of benzene rings is 2. The van der Waals surface area contributed by atoms with Gasteiger partial charge in [-0.3, -0.25) is 19.7 Å². The van der Waals surface area contributed by atoms with Crippen molar-refractivity contribution in [1.82, 2.24) is 0 Å². The van der Waals surface area contributed by atoms with Gasteiger partial charge >= 0.3 is 5.97 Å². The van der Waals surface area contributed by atoms with Crippen molar-refractivity contribution in [3.63, 3.8) is 0 Å². The van der Waals surface area contributed by atoms with E-state index < -0.39 is 23.4 Å². The lowest BCUT2D eigenvalue weighted by atomic mass is 10.1. The number of carbonyl (C=O) groups is 2. The van der Waals surface area contributed by atoms with Gasteiger partial charge in [0.2, 0.25) is 0 Å². The Kier molecular flexibility index (Phi) is 5.84. The van der Waals surface area contributed by atoms with Crippen molar-refractivity contribution in [3.8, 4) is 0 Å². The number of nitro benzene ring substituents is 1. The number of rotatable bonds is 6. The zero-order valence-corrected chi connectivity index (χ0v) is 13.9. The van der Waals surface area contributed by atoms with E-state index in [-0.39, 0.29) is 17.7 Å². The zero-order chi connectivity index (χ0) is 18.4. The fraction of sp³-hybridized carbons (Fsp3) is 0.222. The van der Waals surface area contributed by atoms with Gasteiger partial charge < -0.3 is 10.1 Å². The van der Waals surface area contributed by atoms with E-state index in [2.05, 4.69) is 5.32 Å². The highest BCUT2D eigenvalue weighted by Gasteiger charge is 2.17. The van der Waals surface area contributed by atoms with Gasteiger partial charge in [-0.2, -0.15) is 0 Å². The number of hydrogen-bond donors (Lipinski definition) is 1. The lowest BCUT2D eigenvalue weighted by molar-refractivity contribution is -0.385. The van der Waals surface area contributed by atoms with Crippen LogP contribution in [0, 0.1) is 24.0 Å². The molecule has 0 saturated heterocycles. The highest BCUT2D eigenvalue weighted by molar-refractivity contribution is 5.93. The number of ether oxygens (including phenoxy) is 1. The quantitative estimate of drug-likeness (QED) is 0.494. The Labute approximate surface area is 144 Å². The Bertz CT molecular complexity index is 817. The molecule has 0 unspecified atom stereocenters. The highest BCUT2D eigenvalue weighted by Crippen LogP contribution is 2.19. The van der Waals surface area contributed by atoms with Crippen LogP contribution in [0.15, 0.2) is 42.5 Å². The van der Waals surface area contributed by atoms with E-state index >= 15 is 0 Å². The zero-order valence-electron chi connectivity index (χ0n) is 13.9. The van der Waals surface area contributed by atoms with Crippen LogP contribution in [0.4, 0.5) is 11.4 Å². The molecular weight excluding hydrogens is 324 g/mol. The third-order valence-electron chi connectivity index (χ3n) is 3.77. The van der Waals surface area contributed by atoms with E-state index in [0.29, 0.717) is 5.69 Å². The van der Waals surface area contributed by atoms with E-state index in [1.165, 1.54) is 18.2 Å². The third kappa shape index (κ3) is 4.87. The maximum atomic E-state index is 11.9. The van der Waals surface area contributed by atoms with E-state index in [1.807, 2.05) is 26.0 Å². The van der Waals surface area contributed by atoms with Crippen LogP contribution in [0.3, 0.4) is 0 Å². The molecule has 2 rings (SSSR count). The molecule has 0 spiro atoms. The van der Waals surface area contributed by atoms with Crippen LogP contribution in [-0.2, 0) is 20.7 Å². The summed E-state index contributed by atoms with van der Waals surface area (Å²) in [6.07, 6.45) is -0.270. The number of nitro groups is 1. The first kappa shape index (κ1) is 18.1. The van der Waals surface area contributed by atoms with Crippen molar-refractivity contribution < 1.29 is 19.2 Å². The number of anilines is 1. The van der Waals surface area contributed by atoms with Crippen molar-refractivity contribution in [2.75, 3.05) is 11.9 Å². The summed E-state index contributed by atoms with van der Waals surface area (Å²) < 4.78 is 4.91. The molecule has 0 aliphatic rings. The summed E-state index contributed by atoms with van der Waals surface area (Å²) in [6.45, 7) is 3.36.